The maximum atomic E-state index is 12.9. The average Bonchev–Trinajstić information content (AvgIpc) is 3.21. The number of imidazole rings is 1. The molecule has 0 N–H and O–H groups in total. The van der Waals surface area contributed by atoms with Crippen LogP contribution in [0.15, 0.2) is 47.9 Å². The molecule has 8 nitrogen and oxygen atoms in total. The highest BCUT2D eigenvalue weighted by molar-refractivity contribution is 7.91. The maximum Gasteiger partial charge on any atom is 0.223 e. The Hall–Kier alpha value is -2.65. The van der Waals surface area contributed by atoms with Crippen molar-refractivity contribution in [1.29, 1.82) is 0 Å². The van der Waals surface area contributed by atoms with Gasteiger partial charge in [-0.25, -0.2) is 18.4 Å². The summed E-state index contributed by atoms with van der Waals surface area (Å²) in [5.74, 6) is 0.460. The second-order valence-electron chi connectivity index (χ2n) is 7.76. The number of sulfone groups is 1. The van der Waals surface area contributed by atoms with E-state index in [0.717, 1.165) is 11.4 Å². The predicted octanol–water partition coefficient (Wildman–Crippen LogP) is 2.59. The lowest BCUT2D eigenvalue weighted by molar-refractivity contribution is -0.133. The second kappa shape index (κ2) is 8.47. The number of anilines is 1. The fraction of sp³-hybridized carbons (Fsp3) is 0.381. The number of hydrogen-bond donors (Lipinski definition) is 0. The van der Waals surface area contributed by atoms with E-state index in [4.69, 9.17) is 11.6 Å². The summed E-state index contributed by atoms with van der Waals surface area (Å²) in [4.78, 5) is 25.3. The number of carbonyl (C=O) groups is 1. The van der Waals surface area contributed by atoms with Gasteiger partial charge in [0, 0.05) is 50.7 Å². The van der Waals surface area contributed by atoms with Gasteiger partial charge in [-0.3, -0.25) is 9.20 Å². The molecule has 0 saturated carbocycles. The van der Waals surface area contributed by atoms with Crippen LogP contribution in [-0.2, 0) is 14.6 Å². The molecule has 1 fully saturated rings. The van der Waals surface area contributed by atoms with Crippen molar-refractivity contribution in [2.24, 2.45) is 0 Å². The zero-order valence-corrected chi connectivity index (χ0v) is 19.0. The predicted molar refractivity (Wildman–Crippen MR) is 119 cm³/mol. The first-order valence-electron chi connectivity index (χ1n) is 10.1. The van der Waals surface area contributed by atoms with E-state index in [1.54, 1.807) is 35.6 Å². The van der Waals surface area contributed by atoms with Crippen LogP contribution in [0, 0.1) is 6.92 Å². The molecule has 4 rings (SSSR count). The third-order valence-electron chi connectivity index (χ3n) is 5.56. The Kier molecular flexibility index (Phi) is 5.90. The highest BCUT2D eigenvalue weighted by Gasteiger charge is 2.30. The van der Waals surface area contributed by atoms with Crippen molar-refractivity contribution in [2.75, 3.05) is 30.3 Å². The topological polar surface area (TPSA) is 87.9 Å². The second-order valence-corrected chi connectivity index (χ2v) is 10.3. The lowest BCUT2D eigenvalue weighted by atomic mass is 10.1. The highest BCUT2D eigenvalue weighted by Crippen LogP contribution is 2.24. The number of rotatable bonds is 5. The number of carbonyl (C=O) groups excluding carboxylic acids is 1. The zero-order valence-electron chi connectivity index (χ0n) is 17.4. The standard InChI is InChI=1S/C21H24ClN5O3S/c1-15-12-17(22)13-24-21(15)25-9-10-26(16(2)14-25)19(28)6-11-31(29,30)20-5-3-4-18-23-7-8-27(18)20/h3-5,7-8,12-13,16H,6,9-11,14H2,1-2H3/t16-/m0/s1. The van der Waals surface area contributed by atoms with Crippen LogP contribution in [0.2, 0.25) is 5.02 Å². The molecule has 0 aliphatic carbocycles. The molecule has 0 bridgehead atoms. The van der Waals surface area contributed by atoms with Crippen molar-refractivity contribution in [3.63, 3.8) is 0 Å². The van der Waals surface area contributed by atoms with Crippen molar-refractivity contribution < 1.29 is 13.2 Å². The zero-order chi connectivity index (χ0) is 22.2. The molecule has 0 radical (unpaired) electrons. The van der Waals surface area contributed by atoms with Crippen LogP contribution in [0.25, 0.3) is 5.65 Å². The van der Waals surface area contributed by atoms with Crippen LogP contribution in [0.4, 0.5) is 5.82 Å². The van der Waals surface area contributed by atoms with Crippen LogP contribution in [-0.4, -0.2) is 65.0 Å². The molecular formula is C21H24ClN5O3S. The minimum Gasteiger partial charge on any atom is -0.353 e. The Bertz CT molecular complexity index is 1230. The van der Waals surface area contributed by atoms with E-state index in [0.29, 0.717) is 30.3 Å². The van der Waals surface area contributed by atoms with Crippen LogP contribution in [0.5, 0.6) is 0 Å². The maximum absolute atomic E-state index is 12.9. The van der Waals surface area contributed by atoms with Gasteiger partial charge in [0.25, 0.3) is 0 Å². The summed E-state index contributed by atoms with van der Waals surface area (Å²) < 4.78 is 27.3. The molecule has 3 aromatic rings. The fourth-order valence-corrected chi connectivity index (χ4v) is 5.63. The first-order valence-corrected chi connectivity index (χ1v) is 12.1. The monoisotopic (exact) mass is 461 g/mol. The van der Waals surface area contributed by atoms with Crippen molar-refractivity contribution >= 4 is 38.8 Å². The SMILES string of the molecule is Cc1cc(Cl)cnc1N1CCN(C(=O)CCS(=O)(=O)c2cccc3nccn23)[C@@H](C)C1. The van der Waals surface area contributed by atoms with Gasteiger partial charge < -0.3 is 9.80 Å². The van der Waals surface area contributed by atoms with Crippen LogP contribution >= 0.6 is 11.6 Å². The number of amides is 1. The summed E-state index contributed by atoms with van der Waals surface area (Å²) >= 11 is 6.00. The summed E-state index contributed by atoms with van der Waals surface area (Å²) in [5.41, 5.74) is 1.54. The molecule has 0 spiro atoms. The summed E-state index contributed by atoms with van der Waals surface area (Å²) in [6, 6.07) is 6.75. The third kappa shape index (κ3) is 4.38. The fourth-order valence-electron chi connectivity index (χ4n) is 4.03. The summed E-state index contributed by atoms with van der Waals surface area (Å²) in [6.45, 7) is 5.70. The lowest BCUT2D eigenvalue weighted by Crippen LogP contribution is -2.54. The number of nitrogens with zero attached hydrogens (tertiary/aromatic N) is 5. The molecule has 4 heterocycles. The van der Waals surface area contributed by atoms with Gasteiger partial charge in [0.05, 0.1) is 10.8 Å². The number of aromatic nitrogens is 3. The Balaban J connectivity index is 1.41. The molecule has 0 unspecified atom stereocenters. The molecule has 1 atom stereocenters. The molecule has 1 aliphatic heterocycles. The molecular weight excluding hydrogens is 438 g/mol. The van der Waals surface area contributed by atoms with Gasteiger partial charge in [-0.2, -0.15) is 0 Å². The van der Waals surface area contributed by atoms with Crippen molar-refractivity contribution in [3.8, 4) is 0 Å². The Morgan fingerprint density at radius 3 is 2.81 bits per heavy atom. The van der Waals surface area contributed by atoms with Crippen LogP contribution < -0.4 is 4.90 Å². The Morgan fingerprint density at radius 1 is 1.26 bits per heavy atom. The number of hydrogen-bond acceptors (Lipinski definition) is 6. The smallest absolute Gasteiger partial charge is 0.223 e. The van der Waals surface area contributed by atoms with Gasteiger partial charge in [0.15, 0.2) is 9.84 Å². The molecule has 31 heavy (non-hydrogen) atoms. The number of fused-ring (bicyclic) bond motifs is 1. The van der Waals surface area contributed by atoms with Gasteiger partial charge in [-0.1, -0.05) is 17.7 Å². The van der Waals surface area contributed by atoms with Gasteiger partial charge >= 0.3 is 0 Å². The number of pyridine rings is 2. The number of halogens is 1. The first-order chi connectivity index (χ1) is 14.8. The van der Waals surface area contributed by atoms with E-state index >= 15 is 0 Å². The largest absolute Gasteiger partial charge is 0.353 e. The van der Waals surface area contributed by atoms with E-state index in [9.17, 15) is 13.2 Å². The molecule has 164 valence electrons. The van der Waals surface area contributed by atoms with Crippen LogP contribution in [0.1, 0.15) is 18.9 Å². The van der Waals surface area contributed by atoms with Crippen LogP contribution in [0.3, 0.4) is 0 Å². The third-order valence-corrected chi connectivity index (χ3v) is 7.48. The normalized spacial score (nSPS) is 17.3. The minimum absolute atomic E-state index is 0.0575. The summed E-state index contributed by atoms with van der Waals surface area (Å²) in [7, 11) is -3.63. The van der Waals surface area contributed by atoms with E-state index < -0.39 is 9.84 Å². The molecule has 3 aromatic heterocycles. The van der Waals surface area contributed by atoms with E-state index in [1.165, 1.54) is 10.5 Å². The van der Waals surface area contributed by atoms with E-state index in [1.807, 2.05) is 19.9 Å². The molecule has 1 saturated heterocycles. The van der Waals surface area contributed by atoms with Crippen molar-refractivity contribution in [1.82, 2.24) is 19.3 Å². The molecule has 1 aliphatic rings. The van der Waals surface area contributed by atoms with Crippen molar-refractivity contribution in [3.05, 3.63) is 53.4 Å². The first kappa shape index (κ1) is 21.6. The summed E-state index contributed by atoms with van der Waals surface area (Å²) in [5, 5.41) is 0.744. The van der Waals surface area contributed by atoms with Gasteiger partial charge in [-0.15, -0.1) is 0 Å². The average molecular weight is 462 g/mol. The highest BCUT2D eigenvalue weighted by atomic mass is 35.5. The van der Waals surface area contributed by atoms with Crippen molar-refractivity contribution in [2.45, 2.75) is 31.3 Å². The van der Waals surface area contributed by atoms with E-state index in [2.05, 4.69) is 14.9 Å². The van der Waals surface area contributed by atoms with Gasteiger partial charge in [-0.05, 0) is 37.6 Å². The minimum atomic E-state index is -3.63. The van der Waals surface area contributed by atoms with E-state index in [-0.39, 0.29) is 29.1 Å². The number of aryl methyl sites for hydroxylation is 1. The molecule has 10 heteroatoms. The molecule has 1 amide bonds. The van der Waals surface area contributed by atoms with Gasteiger partial charge in [0.1, 0.15) is 16.5 Å². The molecule has 0 aromatic carbocycles. The number of piperazine rings is 1. The lowest BCUT2D eigenvalue weighted by Gasteiger charge is -2.41. The Morgan fingerprint density at radius 2 is 2.06 bits per heavy atom. The summed E-state index contributed by atoms with van der Waals surface area (Å²) in [6.07, 6.45) is 4.73. The Labute approximate surface area is 186 Å². The van der Waals surface area contributed by atoms with Gasteiger partial charge in [0.2, 0.25) is 5.91 Å². The quantitative estimate of drug-likeness (QED) is 0.580.